The van der Waals surface area contributed by atoms with Crippen LogP contribution in [0.15, 0.2) is 65.4 Å². The fraction of sp³-hybridized carbons (Fsp3) is 0.0500. The Labute approximate surface area is 153 Å². The topological polar surface area (TPSA) is 47.3 Å². The van der Waals surface area contributed by atoms with Crippen LogP contribution >= 0.6 is 15.9 Å². The van der Waals surface area contributed by atoms with Crippen LogP contribution in [0.4, 0.5) is 0 Å². The zero-order valence-electron chi connectivity index (χ0n) is 13.5. The third-order valence-corrected chi connectivity index (χ3v) is 5.08. The second kappa shape index (κ2) is 6.26. The Morgan fingerprint density at radius 3 is 2.36 bits per heavy atom. The van der Waals surface area contributed by atoms with E-state index in [1.54, 1.807) is 12.1 Å². The summed E-state index contributed by atoms with van der Waals surface area (Å²) in [7, 11) is 0. The monoisotopic (exact) mass is 391 g/mol. The van der Waals surface area contributed by atoms with Gasteiger partial charge in [0, 0.05) is 22.9 Å². The maximum Gasteiger partial charge on any atom is 0.235 e. The van der Waals surface area contributed by atoms with Gasteiger partial charge < -0.3 is 0 Å². The Morgan fingerprint density at radius 1 is 0.960 bits per heavy atom. The molecule has 0 amide bonds. The molecule has 0 spiro atoms. The van der Waals surface area contributed by atoms with Gasteiger partial charge in [-0.05, 0) is 28.4 Å². The van der Waals surface area contributed by atoms with Crippen molar-refractivity contribution < 1.29 is 4.79 Å². The normalized spacial score (nSPS) is 11.0. The van der Waals surface area contributed by atoms with Gasteiger partial charge in [0.25, 0.3) is 0 Å². The molecule has 4 aromatic rings. The fourth-order valence-corrected chi connectivity index (χ4v) is 3.17. The first-order valence-corrected chi connectivity index (χ1v) is 8.63. The first kappa shape index (κ1) is 15.7. The van der Waals surface area contributed by atoms with Gasteiger partial charge in [-0.1, -0.05) is 54.6 Å². The predicted molar refractivity (Wildman–Crippen MR) is 102 cm³/mol. The van der Waals surface area contributed by atoms with Crippen molar-refractivity contribution in [2.24, 2.45) is 0 Å². The van der Waals surface area contributed by atoms with E-state index in [-0.39, 0.29) is 0 Å². The number of aldehydes is 1. The molecule has 0 atom stereocenters. The molecule has 5 heteroatoms. The van der Waals surface area contributed by atoms with E-state index in [4.69, 9.17) is 4.98 Å². The third kappa shape index (κ3) is 2.76. The molecular formula is C20H14BrN3O. The molecule has 2 aromatic carbocycles. The summed E-state index contributed by atoms with van der Waals surface area (Å²) in [6.07, 6.45) is 2.89. The first-order valence-electron chi connectivity index (χ1n) is 7.83. The Morgan fingerprint density at radius 2 is 1.68 bits per heavy atom. The number of fused-ring (bicyclic) bond motifs is 1. The minimum Gasteiger partial charge on any atom is -0.298 e. The van der Waals surface area contributed by atoms with Crippen molar-refractivity contribution in [3.63, 3.8) is 0 Å². The van der Waals surface area contributed by atoms with Gasteiger partial charge in [0.1, 0.15) is 10.9 Å². The van der Waals surface area contributed by atoms with Crippen LogP contribution in [0.5, 0.6) is 0 Å². The molecule has 0 fully saturated rings. The molecule has 0 aliphatic rings. The largest absolute Gasteiger partial charge is 0.298 e. The van der Waals surface area contributed by atoms with E-state index in [1.807, 2.05) is 47.9 Å². The molecule has 2 aromatic heterocycles. The van der Waals surface area contributed by atoms with Gasteiger partial charge in [0.15, 0.2) is 0 Å². The Hall–Kier alpha value is -2.79. The van der Waals surface area contributed by atoms with Crippen LogP contribution in [0.1, 0.15) is 16.1 Å². The number of halogens is 1. The highest BCUT2D eigenvalue weighted by atomic mass is 79.9. The number of carbonyl (C=O) groups excluding carboxylic acids is 1. The summed E-state index contributed by atoms with van der Waals surface area (Å²) in [5, 5.41) is 0. The van der Waals surface area contributed by atoms with E-state index in [0.717, 1.165) is 39.0 Å². The number of hydrogen-bond donors (Lipinski definition) is 0. The molecule has 0 saturated heterocycles. The van der Waals surface area contributed by atoms with E-state index in [2.05, 4.69) is 33.0 Å². The van der Waals surface area contributed by atoms with Crippen molar-refractivity contribution in [1.29, 1.82) is 0 Å². The van der Waals surface area contributed by atoms with Crippen LogP contribution in [0.2, 0.25) is 0 Å². The van der Waals surface area contributed by atoms with Crippen molar-refractivity contribution in [3.05, 3.63) is 76.7 Å². The third-order valence-electron chi connectivity index (χ3n) is 4.12. The summed E-state index contributed by atoms with van der Waals surface area (Å²) < 4.78 is 2.84. The molecule has 0 aliphatic heterocycles. The van der Waals surface area contributed by atoms with E-state index >= 15 is 0 Å². The number of imidazole rings is 1. The second-order valence-corrected chi connectivity index (χ2v) is 6.52. The van der Waals surface area contributed by atoms with Gasteiger partial charge >= 0.3 is 0 Å². The summed E-state index contributed by atoms with van der Waals surface area (Å²) in [6.45, 7) is 1.94. The number of aryl methyl sites for hydroxylation is 1. The number of benzene rings is 2. The highest BCUT2D eigenvalue weighted by molar-refractivity contribution is 9.10. The highest BCUT2D eigenvalue weighted by Crippen LogP contribution is 2.32. The molecule has 0 unspecified atom stereocenters. The summed E-state index contributed by atoms with van der Waals surface area (Å²) in [5.41, 5.74) is 5.40. The average molecular weight is 392 g/mol. The second-order valence-electron chi connectivity index (χ2n) is 5.77. The zero-order chi connectivity index (χ0) is 17.4. The standard InChI is InChI=1S/C20H14BrN3O/c1-13-19(21)24-11-17(15-5-3-2-4-6-15)18(23-20(24)22-13)16-9-7-14(12-25)8-10-16/h2-12H,1H3. The summed E-state index contributed by atoms with van der Waals surface area (Å²) >= 11 is 3.58. The number of aromatic nitrogens is 3. The molecule has 0 bridgehead atoms. The fourth-order valence-electron chi connectivity index (χ4n) is 2.82. The predicted octanol–water partition coefficient (Wildman–Crippen LogP) is 4.95. The lowest BCUT2D eigenvalue weighted by Gasteiger charge is -2.11. The molecule has 0 saturated carbocycles. The Bertz CT molecular complexity index is 1070. The molecule has 0 aliphatic carbocycles. The summed E-state index contributed by atoms with van der Waals surface area (Å²) in [5.74, 6) is 0.638. The van der Waals surface area contributed by atoms with Gasteiger partial charge in [-0.25, -0.2) is 9.97 Å². The van der Waals surface area contributed by atoms with Crippen molar-refractivity contribution in [3.8, 4) is 22.4 Å². The summed E-state index contributed by atoms with van der Waals surface area (Å²) in [4.78, 5) is 20.2. The van der Waals surface area contributed by atoms with Gasteiger partial charge in [-0.15, -0.1) is 0 Å². The number of carbonyl (C=O) groups is 1. The SMILES string of the molecule is Cc1nc2nc(-c3ccc(C=O)cc3)c(-c3ccccc3)cn2c1Br. The Kier molecular flexibility index (Phi) is 3.93. The molecule has 4 rings (SSSR count). The van der Waals surface area contributed by atoms with Crippen LogP contribution in [-0.2, 0) is 0 Å². The first-order chi connectivity index (χ1) is 12.2. The average Bonchev–Trinajstić information content (AvgIpc) is 2.95. The maximum absolute atomic E-state index is 10.9. The minimum absolute atomic E-state index is 0.638. The van der Waals surface area contributed by atoms with Crippen LogP contribution in [0.25, 0.3) is 28.2 Å². The lowest BCUT2D eigenvalue weighted by atomic mass is 10.00. The lowest BCUT2D eigenvalue weighted by Crippen LogP contribution is -1.97. The smallest absolute Gasteiger partial charge is 0.235 e. The zero-order valence-corrected chi connectivity index (χ0v) is 15.1. The molecule has 122 valence electrons. The van der Waals surface area contributed by atoms with Crippen LogP contribution in [-0.4, -0.2) is 20.7 Å². The van der Waals surface area contributed by atoms with Crippen molar-refractivity contribution >= 4 is 28.0 Å². The van der Waals surface area contributed by atoms with Gasteiger partial charge in [0.2, 0.25) is 5.78 Å². The minimum atomic E-state index is 0.638. The van der Waals surface area contributed by atoms with Gasteiger partial charge in [-0.3, -0.25) is 9.20 Å². The van der Waals surface area contributed by atoms with E-state index in [9.17, 15) is 4.79 Å². The van der Waals surface area contributed by atoms with Crippen molar-refractivity contribution in [1.82, 2.24) is 14.4 Å². The van der Waals surface area contributed by atoms with Crippen molar-refractivity contribution in [2.75, 3.05) is 0 Å². The molecule has 0 radical (unpaired) electrons. The van der Waals surface area contributed by atoms with Crippen LogP contribution < -0.4 is 0 Å². The van der Waals surface area contributed by atoms with E-state index in [1.165, 1.54) is 0 Å². The van der Waals surface area contributed by atoms with Gasteiger partial charge in [-0.2, -0.15) is 0 Å². The number of hydrogen-bond acceptors (Lipinski definition) is 3. The quantitative estimate of drug-likeness (QED) is 0.464. The Balaban J connectivity index is 2.01. The van der Waals surface area contributed by atoms with Crippen molar-refractivity contribution in [2.45, 2.75) is 6.92 Å². The van der Waals surface area contributed by atoms with E-state index < -0.39 is 0 Å². The molecule has 0 N–H and O–H groups in total. The lowest BCUT2D eigenvalue weighted by molar-refractivity contribution is 0.112. The summed E-state index contributed by atoms with van der Waals surface area (Å²) in [6, 6.07) is 17.6. The maximum atomic E-state index is 10.9. The molecule has 4 nitrogen and oxygen atoms in total. The number of rotatable bonds is 3. The van der Waals surface area contributed by atoms with Crippen LogP contribution in [0.3, 0.4) is 0 Å². The number of nitrogens with zero attached hydrogens (tertiary/aromatic N) is 3. The molecular weight excluding hydrogens is 378 g/mol. The molecule has 2 heterocycles. The van der Waals surface area contributed by atoms with Crippen LogP contribution in [0, 0.1) is 6.92 Å². The van der Waals surface area contributed by atoms with E-state index in [0.29, 0.717) is 11.3 Å². The highest BCUT2D eigenvalue weighted by Gasteiger charge is 2.15. The van der Waals surface area contributed by atoms with Gasteiger partial charge in [0.05, 0.1) is 11.4 Å². The molecule has 25 heavy (non-hydrogen) atoms.